The molecule has 0 aliphatic heterocycles. The van der Waals surface area contributed by atoms with Crippen LogP contribution >= 0.6 is 0 Å². The number of nitrogens with one attached hydrogen (secondary N) is 2. The van der Waals surface area contributed by atoms with Crippen LogP contribution in [0, 0.1) is 47.3 Å². The monoisotopic (exact) mass is 751 g/mol. The van der Waals surface area contributed by atoms with Gasteiger partial charge < -0.3 is 10.6 Å². The molecule has 0 saturated heterocycles. The minimum atomic E-state index is 0. The Morgan fingerprint density at radius 2 is 0.528 bits per heavy atom. The van der Waals surface area contributed by atoms with Gasteiger partial charge >= 0.3 is 0 Å². The maximum atomic E-state index is 4.11. The van der Waals surface area contributed by atoms with Gasteiger partial charge in [-0.15, -0.1) is 0 Å². The van der Waals surface area contributed by atoms with Crippen LogP contribution in [0.15, 0.2) is 83.4 Å². The number of aliphatic imine (C=N–C) groups is 2. The van der Waals surface area contributed by atoms with E-state index in [9.17, 15) is 0 Å². The number of allylic oxidation sites excluding steroid dienone is 8. The zero-order valence-corrected chi connectivity index (χ0v) is 35.8. The second-order valence-electron chi connectivity index (χ2n) is 15.4. The van der Waals surface area contributed by atoms with Gasteiger partial charge in [-0.2, -0.15) is 0 Å². The van der Waals surface area contributed by atoms with E-state index in [0.717, 1.165) is 0 Å². The van der Waals surface area contributed by atoms with Crippen molar-refractivity contribution in [1.82, 2.24) is 10.6 Å². The van der Waals surface area contributed by atoms with Crippen molar-refractivity contribution in [1.29, 1.82) is 0 Å². The molecule has 4 nitrogen and oxygen atoms in total. The van der Waals surface area contributed by atoms with Crippen LogP contribution in [0.2, 0.25) is 0 Å². The van der Waals surface area contributed by atoms with Crippen LogP contribution in [0.1, 0.15) is 176 Å². The first kappa shape index (κ1) is 75.3. The van der Waals surface area contributed by atoms with Crippen LogP contribution in [-0.2, 0) is 0 Å². The van der Waals surface area contributed by atoms with Gasteiger partial charge in [-0.05, 0) is 87.4 Å². The highest BCUT2D eigenvalue weighted by Crippen LogP contribution is 1.97. The Morgan fingerprint density at radius 3 is 0.698 bits per heavy atom. The molecule has 0 heterocycles. The van der Waals surface area contributed by atoms with Crippen molar-refractivity contribution in [2.75, 3.05) is 0 Å². The Kier molecular flexibility index (Phi) is 79.8. The van der Waals surface area contributed by atoms with Crippen molar-refractivity contribution in [3.63, 3.8) is 0 Å². The lowest BCUT2D eigenvalue weighted by atomic mass is 10.2. The molecular formula is C49H106N4. The molecule has 0 bridgehead atoms. The van der Waals surface area contributed by atoms with Crippen LogP contribution in [0.4, 0.5) is 0 Å². The third-order valence-electron chi connectivity index (χ3n) is 4.81. The molecule has 0 spiro atoms. The number of hydrogen-bond donors (Lipinski definition) is 2. The Labute approximate surface area is 340 Å². The Balaban J connectivity index is -0.0000000533. The second-order valence-corrected chi connectivity index (χ2v) is 15.4. The van der Waals surface area contributed by atoms with Crippen LogP contribution in [-0.4, -0.2) is 24.5 Å². The third kappa shape index (κ3) is 120. The largest absolute Gasteiger partial charge is 0.389 e. The predicted molar refractivity (Wildman–Crippen MR) is 261 cm³/mol. The van der Waals surface area contributed by atoms with Crippen LogP contribution in [0.3, 0.4) is 0 Å². The van der Waals surface area contributed by atoms with Gasteiger partial charge in [0, 0.05) is 36.9 Å². The Bertz CT molecular complexity index is 709. The quantitative estimate of drug-likeness (QED) is 0.129. The molecule has 0 rings (SSSR count). The Morgan fingerprint density at radius 1 is 0.302 bits per heavy atom. The highest BCUT2D eigenvalue weighted by atomic mass is 14.9. The van der Waals surface area contributed by atoms with E-state index in [1.807, 2.05) is 37.2 Å². The van der Waals surface area contributed by atoms with E-state index in [4.69, 9.17) is 0 Å². The maximum Gasteiger partial charge on any atom is 0.0226 e. The fourth-order valence-corrected chi connectivity index (χ4v) is 2.34. The smallest absolute Gasteiger partial charge is 0.0226 e. The third-order valence-corrected chi connectivity index (χ3v) is 4.81. The molecule has 0 aromatic heterocycles. The molecule has 0 amide bonds. The molecule has 0 aliphatic carbocycles. The van der Waals surface area contributed by atoms with E-state index in [1.165, 1.54) is 0 Å². The van der Waals surface area contributed by atoms with Gasteiger partial charge in [0.25, 0.3) is 0 Å². The molecule has 0 unspecified atom stereocenters. The molecule has 0 radical (unpaired) electrons. The zero-order valence-electron chi connectivity index (χ0n) is 35.8. The van der Waals surface area contributed by atoms with E-state index >= 15 is 0 Å². The van der Waals surface area contributed by atoms with Gasteiger partial charge in [-0.3, -0.25) is 9.98 Å². The lowest BCUT2D eigenvalue weighted by Crippen LogP contribution is -2.15. The highest BCUT2D eigenvalue weighted by Gasteiger charge is 1.87. The average molecular weight is 751 g/mol. The highest BCUT2D eigenvalue weighted by molar-refractivity contribution is 5.60. The fraction of sp³-hybridized carbons (Fsp3) is 0.714. The van der Waals surface area contributed by atoms with Crippen LogP contribution < -0.4 is 10.6 Å². The maximum absolute atomic E-state index is 4.11. The van der Waals surface area contributed by atoms with Crippen molar-refractivity contribution >= 4 is 12.4 Å². The molecule has 53 heavy (non-hydrogen) atoms. The molecule has 0 saturated carbocycles. The van der Waals surface area contributed by atoms with Crippen LogP contribution in [0.25, 0.3) is 0 Å². The lowest BCUT2D eigenvalue weighted by molar-refractivity contribution is 0.692. The van der Waals surface area contributed by atoms with E-state index < -0.39 is 0 Å². The van der Waals surface area contributed by atoms with E-state index in [-0.39, 0.29) is 37.1 Å². The summed E-state index contributed by atoms with van der Waals surface area (Å²) >= 11 is 0. The van der Waals surface area contributed by atoms with Crippen molar-refractivity contribution in [3.05, 3.63) is 73.4 Å². The average Bonchev–Trinajstić information content (AvgIpc) is 2.92. The molecule has 4 heteroatoms. The van der Waals surface area contributed by atoms with Crippen molar-refractivity contribution < 1.29 is 0 Å². The van der Waals surface area contributed by atoms with Crippen molar-refractivity contribution in [3.8, 4) is 0 Å². The second kappa shape index (κ2) is 56.1. The van der Waals surface area contributed by atoms with E-state index in [0.29, 0.717) is 59.4 Å². The van der Waals surface area contributed by atoms with Crippen molar-refractivity contribution in [2.24, 2.45) is 57.3 Å². The van der Waals surface area contributed by atoms with Gasteiger partial charge in [0.05, 0.1) is 0 Å². The number of nitrogens with zero attached hydrogens (tertiary/aromatic N) is 2. The van der Waals surface area contributed by atoms with Gasteiger partial charge in [-0.25, -0.2) is 0 Å². The Hall–Kier alpha value is -2.62. The fourth-order valence-electron chi connectivity index (χ4n) is 2.34. The summed E-state index contributed by atoms with van der Waals surface area (Å²) in [4.78, 5) is 8.21. The van der Waals surface area contributed by atoms with Crippen LogP contribution in [0.5, 0.6) is 0 Å². The predicted octanol–water partition coefficient (Wildman–Crippen LogP) is 16.7. The molecule has 2 N–H and O–H groups in total. The summed E-state index contributed by atoms with van der Waals surface area (Å²) in [6.45, 7) is 42.9. The minimum Gasteiger partial charge on any atom is -0.389 e. The normalized spacial score (nSPS) is 11.4. The molecule has 0 atom stereocenters. The summed E-state index contributed by atoms with van der Waals surface area (Å²) in [7, 11) is 0. The SMILES string of the molecule is C.C.C.C.C.CC(C)/C=C\C=C/C(C)C.CC(C)/C=C\NC(C)C.CC(C)/C=C\NC(C)C.CC(C)C=N/C=C\C(C)C.CC(C)C=N/C=C\C(C)C. The minimum absolute atomic E-state index is 0. The lowest BCUT2D eigenvalue weighted by Gasteiger charge is -2.03. The molecule has 0 aromatic rings. The van der Waals surface area contributed by atoms with Crippen molar-refractivity contribution in [2.45, 2.75) is 188 Å². The molecular weight excluding hydrogens is 645 g/mol. The van der Waals surface area contributed by atoms with E-state index in [2.05, 4.69) is 208 Å². The summed E-state index contributed by atoms with van der Waals surface area (Å²) in [5, 5.41) is 6.39. The topological polar surface area (TPSA) is 48.8 Å². The molecule has 0 aliphatic rings. The molecule has 0 fully saturated rings. The number of hydrogen-bond acceptors (Lipinski definition) is 4. The first-order valence-electron chi connectivity index (χ1n) is 18.7. The summed E-state index contributed by atoms with van der Waals surface area (Å²) in [5.74, 6) is 4.93. The zero-order chi connectivity index (χ0) is 38.5. The summed E-state index contributed by atoms with van der Waals surface area (Å²) in [5.41, 5.74) is 0. The van der Waals surface area contributed by atoms with Gasteiger partial charge in [0.1, 0.15) is 0 Å². The summed E-state index contributed by atoms with van der Waals surface area (Å²) in [6.07, 6.45) is 28.8. The summed E-state index contributed by atoms with van der Waals surface area (Å²) < 4.78 is 0. The van der Waals surface area contributed by atoms with Gasteiger partial charge in [-0.1, -0.05) is 197 Å². The van der Waals surface area contributed by atoms with Gasteiger partial charge in [0.2, 0.25) is 0 Å². The first-order valence-corrected chi connectivity index (χ1v) is 18.7. The molecule has 0 aromatic carbocycles. The van der Waals surface area contributed by atoms with Gasteiger partial charge in [0.15, 0.2) is 0 Å². The van der Waals surface area contributed by atoms with E-state index in [1.54, 1.807) is 0 Å². The number of rotatable bonds is 15. The molecule has 322 valence electrons. The standard InChI is InChI=1S/C10H18.2C9H17N.2C8H17N.5CH4/c1-9(2)7-5-6-8-10(3)4;2*1-8(2)5-6-10-7-9(3)4;2*1-7(2)5-6-9-8(3)4;;;;;/h5-10H,1-4H3;2*5-9H,1-4H3;2*5-9H,1-4H3;5*1H4/b7-5-,8-6-;2*6-5-,10-7?;2*6-5-;;;;;. The first-order chi connectivity index (χ1) is 22.1. The summed E-state index contributed by atoms with van der Waals surface area (Å²) in [6, 6.07) is 1.11.